The lowest BCUT2D eigenvalue weighted by atomic mass is 10.1. The van der Waals surface area contributed by atoms with Crippen molar-refractivity contribution in [3.63, 3.8) is 0 Å². The lowest BCUT2D eigenvalue weighted by molar-refractivity contribution is 0.668. The van der Waals surface area contributed by atoms with Crippen LogP contribution in [0, 0.1) is 6.92 Å². The van der Waals surface area contributed by atoms with E-state index in [2.05, 4.69) is 56.1 Å². The molecular weight excluding hydrogens is 232 g/mol. The van der Waals surface area contributed by atoms with Gasteiger partial charge in [-0.2, -0.15) is 0 Å². The molecule has 2 heteroatoms. The molecule has 1 rings (SSSR count). The monoisotopic (exact) mass is 262 g/mol. The highest BCUT2D eigenvalue weighted by Gasteiger charge is 2.09. The predicted molar refractivity (Wildman–Crippen MR) is 86.0 cm³/mol. The minimum absolute atomic E-state index is 0.980. The van der Waals surface area contributed by atoms with Crippen molar-refractivity contribution in [2.75, 3.05) is 24.5 Å². The second-order valence-corrected chi connectivity index (χ2v) is 5.24. The summed E-state index contributed by atoms with van der Waals surface area (Å²) in [5, 5.41) is 3.53. The summed E-state index contributed by atoms with van der Waals surface area (Å²) in [6.07, 6.45) is 3.71. The van der Waals surface area contributed by atoms with Gasteiger partial charge in [0.25, 0.3) is 0 Å². The van der Waals surface area contributed by atoms with Crippen LogP contribution in [-0.4, -0.2) is 19.6 Å². The van der Waals surface area contributed by atoms with Crippen LogP contribution in [0.2, 0.25) is 0 Å². The number of rotatable bonds is 9. The molecule has 0 aromatic heterocycles. The first-order valence-corrected chi connectivity index (χ1v) is 7.78. The lowest BCUT2D eigenvalue weighted by Crippen LogP contribution is -2.26. The van der Waals surface area contributed by atoms with Gasteiger partial charge in [0.05, 0.1) is 0 Å². The molecule has 2 nitrogen and oxygen atoms in total. The van der Waals surface area contributed by atoms with E-state index >= 15 is 0 Å². The molecule has 0 saturated heterocycles. The molecule has 0 heterocycles. The van der Waals surface area contributed by atoms with Crippen LogP contribution in [0.1, 0.15) is 51.2 Å². The van der Waals surface area contributed by atoms with Gasteiger partial charge in [-0.25, -0.2) is 0 Å². The van der Waals surface area contributed by atoms with Crippen molar-refractivity contribution in [1.29, 1.82) is 0 Å². The highest BCUT2D eigenvalue weighted by molar-refractivity contribution is 5.55. The van der Waals surface area contributed by atoms with Crippen LogP contribution in [-0.2, 0) is 6.54 Å². The summed E-state index contributed by atoms with van der Waals surface area (Å²) in [7, 11) is 0. The van der Waals surface area contributed by atoms with E-state index in [1.807, 2.05) is 0 Å². The molecule has 0 bridgehead atoms. The topological polar surface area (TPSA) is 15.3 Å². The maximum Gasteiger partial charge on any atom is 0.0411 e. The number of unbranched alkanes of at least 4 members (excludes halogenated alkanes) is 1. The fourth-order valence-electron chi connectivity index (χ4n) is 2.36. The van der Waals surface area contributed by atoms with Gasteiger partial charge in [0.2, 0.25) is 0 Å². The standard InChI is InChI=1S/C17H30N2/c1-5-8-12-19(7-3)17-10-9-15(4)13-16(17)14-18-11-6-2/h9-10,13,18H,5-8,11-12,14H2,1-4H3. The van der Waals surface area contributed by atoms with Crippen molar-refractivity contribution in [3.05, 3.63) is 29.3 Å². The molecule has 0 spiro atoms. The lowest BCUT2D eigenvalue weighted by Gasteiger charge is -2.26. The maximum absolute atomic E-state index is 3.53. The van der Waals surface area contributed by atoms with E-state index in [0.29, 0.717) is 0 Å². The summed E-state index contributed by atoms with van der Waals surface area (Å²) in [5.74, 6) is 0. The van der Waals surface area contributed by atoms with Gasteiger partial charge in [-0.05, 0) is 44.9 Å². The fraction of sp³-hybridized carbons (Fsp3) is 0.647. The van der Waals surface area contributed by atoms with E-state index in [1.165, 1.54) is 36.1 Å². The number of nitrogens with one attached hydrogen (secondary N) is 1. The van der Waals surface area contributed by atoms with Gasteiger partial charge in [0.15, 0.2) is 0 Å². The molecule has 1 aromatic carbocycles. The molecule has 0 saturated carbocycles. The molecule has 0 radical (unpaired) electrons. The van der Waals surface area contributed by atoms with E-state index in [9.17, 15) is 0 Å². The third kappa shape index (κ3) is 5.23. The number of hydrogen-bond acceptors (Lipinski definition) is 2. The average molecular weight is 262 g/mol. The van der Waals surface area contributed by atoms with Gasteiger partial charge >= 0.3 is 0 Å². The largest absolute Gasteiger partial charge is 0.372 e. The zero-order valence-corrected chi connectivity index (χ0v) is 13.1. The van der Waals surface area contributed by atoms with Crippen molar-refractivity contribution in [1.82, 2.24) is 5.32 Å². The Balaban J connectivity index is 2.83. The quantitative estimate of drug-likeness (QED) is 0.673. The van der Waals surface area contributed by atoms with Crippen LogP contribution in [0.4, 0.5) is 5.69 Å². The smallest absolute Gasteiger partial charge is 0.0411 e. The Morgan fingerprint density at radius 2 is 1.89 bits per heavy atom. The summed E-state index contributed by atoms with van der Waals surface area (Å²) in [6.45, 7) is 13.2. The Hall–Kier alpha value is -1.02. The SMILES string of the molecule is CCCCN(CC)c1ccc(C)cc1CNCCC. The Labute approximate surface area is 119 Å². The molecule has 0 amide bonds. The molecule has 0 atom stereocenters. The van der Waals surface area contributed by atoms with E-state index < -0.39 is 0 Å². The first kappa shape index (κ1) is 16.0. The highest BCUT2D eigenvalue weighted by Crippen LogP contribution is 2.22. The zero-order chi connectivity index (χ0) is 14.1. The second-order valence-electron chi connectivity index (χ2n) is 5.24. The third-order valence-electron chi connectivity index (χ3n) is 3.48. The van der Waals surface area contributed by atoms with Gasteiger partial charge in [-0.1, -0.05) is 38.0 Å². The first-order chi connectivity index (χ1) is 9.22. The zero-order valence-electron chi connectivity index (χ0n) is 13.1. The van der Waals surface area contributed by atoms with Crippen LogP contribution in [0.3, 0.4) is 0 Å². The number of hydrogen-bond donors (Lipinski definition) is 1. The number of nitrogens with zero attached hydrogens (tertiary/aromatic N) is 1. The number of anilines is 1. The summed E-state index contributed by atoms with van der Waals surface area (Å²) in [6, 6.07) is 6.84. The molecule has 0 aliphatic rings. The average Bonchev–Trinajstić information content (AvgIpc) is 2.41. The minimum atomic E-state index is 0.980. The Bertz CT molecular complexity index is 360. The van der Waals surface area contributed by atoms with Gasteiger partial charge in [0.1, 0.15) is 0 Å². The Kier molecular flexibility index (Phi) is 7.57. The van der Waals surface area contributed by atoms with Gasteiger partial charge < -0.3 is 10.2 Å². The molecule has 19 heavy (non-hydrogen) atoms. The molecule has 0 aliphatic heterocycles. The van der Waals surface area contributed by atoms with Gasteiger partial charge in [-0.15, -0.1) is 0 Å². The number of aryl methyl sites for hydroxylation is 1. The van der Waals surface area contributed by atoms with Crippen LogP contribution < -0.4 is 10.2 Å². The van der Waals surface area contributed by atoms with Crippen molar-refractivity contribution in [2.24, 2.45) is 0 Å². The first-order valence-electron chi connectivity index (χ1n) is 7.78. The highest BCUT2D eigenvalue weighted by atomic mass is 15.1. The van der Waals surface area contributed by atoms with Gasteiger partial charge in [-0.3, -0.25) is 0 Å². The van der Waals surface area contributed by atoms with E-state index in [4.69, 9.17) is 0 Å². The van der Waals surface area contributed by atoms with Crippen molar-refractivity contribution < 1.29 is 0 Å². The van der Waals surface area contributed by atoms with Gasteiger partial charge in [0, 0.05) is 25.3 Å². The van der Waals surface area contributed by atoms with Crippen molar-refractivity contribution >= 4 is 5.69 Å². The molecule has 1 N–H and O–H groups in total. The molecular formula is C17H30N2. The van der Waals surface area contributed by atoms with Crippen LogP contribution in [0.25, 0.3) is 0 Å². The predicted octanol–water partition coefficient (Wildman–Crippen LogP) is 4.12. The summed E-state index contributed by atoms with van der Waals surface area (Å²) in [5.41, 5.74) is 4.19. The maximum atomic E-state index is 3.53. The normalized spacial score (nSPS) is 10.7. The molecule has 0 unspecified atom stereocenters. The van der Waals surface area contributed by atoms with E-state index in [-0.39, 0.29) is 0 Å². The summed E-state index contributed by atoms with van der Waals surface area (Å²) >= 11 is 0. The fourth-order valence-corrected chi connectivity index (χ4v) is 2.36. The molecule has 108 valence electrons. The molecule has 0 aliphatic carbocycles. The van der Waals surface area contributed by atoms with Crippen LogP contribution in [0.15, 0.2) is 18.2 Å². The van der Waals surface area contributed by atoms with Crippen molar-refractivity contribution in [3.8, 4) is 0 Å². The van der Waals surface area contributed by atoms with Crippen molar-refractivity contribution in [2.45, 2.75) is 53.5 Å². The molecule has 0 fully saturated rings. The number of benzene rings is 1. The van der Waals surface area contributed by atoms with Crippen LogP contribution >= 0.6 is 0 Å². The Morgan fingerprint density at radius 3 is 2.53 bits per heavy atom. The molecule has 1 aromatic rings. The second kappa shape index (κ2) is 8.98. The summed E-state index contributed by atoms with van der Waals surface area (Å²) < 4.78 is 0. The van der Waals surface area contributed by atoms with Crippen LogP contribution in [0.5, 0.6) is 0 Å². The minimum Gasteiger partial charge on any atom is -0.372 e. The third-order valence-corrected chi connectivity index (χ3v) is 3.48. The summed E-state index contributed by atoms with van der Waals surface area (Å²) in [4.78, 5) is 2.51. The van der Waals surface area contributed by atoms with E-state index in [1.54, 1.807) is 0 Å². The Morgan fingerprint density at radius 1 is 1.11 bits per heavy atom. The van der Waals surface area contributed by atoms with E-state index in [0.717, 1.165) is 26.2 Å².